The van der Waals surface area contributed by atoms with E-state index in [1.807, 2.05) is 6.07 Å². The Labute approximate surface area is 193 Å². The maximum absolute atomic E-state index is 12.8. The highest BCUT2D eigenvalue weighted by Crippen LogP contribution is 2.33. The van der Waals surface area contributed by atoms with Crippen molar-refractivity contribution in [1.82, 2.24) is 9.47 Å². The van der Waals surface area contributed by atoms with Crippen molar-refractivity contribution in [2.75, 3.05) is 20.3 Å². The lowest BCUT2D eigenvalue weighted by molar-refractivity contribution is -0.384. The Kier molecular flexibility index (Phi) is 6.45. The number of hydrogen-bond donors (Lipinski definition) is 0. The predicted octanol–water partition coefficient (Wildman–Crippen LogP) is 4.51. The maximum atomic E-state index is 12.8. The van der Waals surface area contributed by atoms with Crippen molar-refractivity contribution in [3.8, 4) is 17.2 Å². The summed E-state index contributed by atoms with van der Waals surface area (Å²) in [5.41, 5.74) is 1.15. The number of ether oxygens (including phenoxy) is 2. The number of hydrogen-bond acceptors (Lipinski definition) is 7. The predicted molar refractivity (Wildman–Crippen MR) is 124 cm³/mol. The lowest BCUT2D eigenvalue weighted by atomic mass is 10.2. The van der Waals surface area contributed by atoms with E-state index in [0.717, 1.165) is 16.7 Å². The first-order valence-corrected chi connectivity index (χ1v) is 10.7. The van der Waals surface area contributed by atoms with Crippen LogP contribution in [0.1, 0.15) is 5.69 Å². The number of methoxy groups -OCH3 is 1. The van der Waals surface area contributed by atoms with E-state index in [-0.39, 0.29) is 29.0 Å². The van der Waals surface area contributed by atoms with Crippen molar-refractivity contribution < 1.29 is 24.0 Å². The second-order valence-corrected chi connectivity index (χ2v) is 7.91. The molecular formula is C23H19N3O6S. The molecule has 0 bridgehead atoms. The number of imide groups is 1. The molecule has 1 aliphatic heterocycles. The average molecular weight is 465 g/mol. The van der Waals surface area contributed by atoms with Crippen LogP contribution in [0, 0.1) is 10.1 Å². The van der Waals surface area contributed by atoms with Gasteiger partial charge in [0, 0.05) is 24.0 Å². The molecule has 2 heterocycles. The van der Waals surface area contributed by atoms with Crippen LogP contribution in [0.25, 0.3) is 11.8 Å². The third kappa shape index (κ3) is 4.75. The number of para-hydroxylation sites is 2. The second kappa shape index (κ2) is 9.61. The Balaban J connectivity index is 1.48. The van der Waals surface area contributed by atoms with Gasteiger partial charge in [0.05, 0.1) is 29.2 Å². The zero-order valence-corrected chi connectivity index (χ0v) is 18.4. The number of benzene rings is 2. The fraction of sp³-hybridized carbons (Fsp3) is 0.130. The molecule has 1 saturated heterocycles. The lowest BCUT2D eigenvalue weighted by Crippen LogP contribution is -2.32. The lowest BCUT2D eigenvalue weighted by Gasteiger charge is -2.14. The first-order chi connectivity index (χ1) is 16.0. The van der Waals surface area contributed by atoms with Crippen LogP contribution in [0.4, 0.5) is 10.5 Å². The summed E-state index contributed by atoms with van der Waals surface area (Å²) in [5, 5.41) is 10.7. The zero-order chi connectivity index (χ0) is 23.4. The number of nitro benzene ring substituents is 1. The topological polar surface area (TPSA) is 104 Å². The normalized spacial score (nSPS) is 14.7. The fourth-order valence-corrected chi connectivity index (χ4v) is 4.17. The molecule has 0 atom stereocenters. The SMILES string of the molecule is COc1ccccc1OCCN1C(=O)S/C(=C\c2cccn2-c2cccc([N+](=O)[O-])c2)C1=O. The summed E-state index contributed by atoms with van der Waals surface area (Å²) in [7, 11) is 1.53. The number of nitro groups is 1. The summed E-state index contributed by atoms with van der Waals surface area (Å²) in [6.07, 6.45) is 3.33. The van der Waals surface area contributed by atoms with E-state index >= 15 is 0 Å². The van der Waals surface area contributed by atoms with Crippen molar-refractivity contribution in [2.24, 2.45) is 0 Å². The second-order valence-electron chi connectivity index (χ2n) is 6.91. The Morgan fingerprint density at radius 1 is 1.06 bits per heavy atom. The van der Waals surface area contributed by atoms with Gasteiger partial charge in [-0.2, -0.15) is 0 Å². The monoisotopic (exact) mass is 465 g/mol. The van der Waals surface area contributed by atoms with E-state index in [1.165, 1.54) is 19.2 Å². The fourth-order valence-electron chi connectivity index (χ4n) is 3.32. The third-order valence-electron chi connectivity index (χ3n) is 4.89. The van der Waals surface area contributed by atoms with Crippen molar-refractivity contribution >= 4 is 34.7 Å². The summed E-state index contributed by atoms with van der Waals surface area (Å²) < 4.78 is 12.6. The third-order valence-corrected chi connectivity index (χ3v) is 5.80. The molecule has 0 saturated carbocycles. The van der Waals surface area contributed by atoms with E-state index in [1.54, 1.807) is 59.3 Å². The van der Waals surface area contributed by atoms with Gasteiger partial charge in [-0.3, -0.25) is 24.6 Å². The first-order valence-electron chi connectivity index (χ1n) is 9.91. The highest BCUT2D eigenvalue weighted by Gasteiger charge is 2.35. The molecule has 10 heteroatoms. The summed E-state index contributed by atoms with van der Waals surface area (Å²) in [4.78, 5) is 37.3. The van der Waals surface area contributed by atoms with Crippen LogP contribution < -0.4 is 9.47 Å². The molecule has 0 spiro atoms. The van der Waals surface area contributed by atoms with Crippen LogP contribution in [0.15, 0.2) is 71.8 Å². The van der Waals surface area contributed by atoms with Crippen LogP contribution in [0.5, 0.6) is 11.5 Å². The molecule has 0 unspecified atom stereocenters. The van der Waals surface area contributed by atoms with Crippen molar-refractivity contribution in [3.63, 3.8) is 0 Å². The van der Waals surface area contributed by atoms with Crippen LogP contribution in [0.3, 0.4) is 0 Å². The quantitative estimate of drug-likeness (QED) is 0.274. The molecular weight excluding hydrogens is 446 g/mol. The van der Waals surface area contributed by atoms with Crippen LogP contribution in [-0.2, 0) is 4.79 Å². The maximum Gasteiger partial charge on any atom is 0.293 e. The van der Waals surface area contributed by atoms with Gasteiger partial charge in [0.2, 0.25) is 0 Å². The zero-order valence-electron chi connectivity index (χ0n) is 17.5. The van der Waals surface area contributed by atoms with Crippen LogP contribution in [0.2, 0.25) is 0 Å². The molecule has 2 amide bonds. The van der Waals surface area contributed by atoms with E-state index in [4.69, 9.17) is 9.47 Å². The van der Waals surface area contributed by atoms with Gasteiger partial charge >= 0.3 is 0 Å². The molecule has 1 fully saturated rings. The average Bonchev–Trinajstić information content (AvgIpc) is 3.39. The number of amides is 2. The number of rotatable bonds is 8. The van der Waals surface area contributed by atoms with Gasteiger partial charge in [-0.05, 0) is 48.2 Å². The molecule has 0 N–H and O–H groups in total. The van der Waals surface area contributed by atoms with Gasteiger partial charge in [0.15, 0.2) is 11.5 Å². The summed E-state index contributed by atoms with van der Waals surface area (Å²) in [6, 6.07) is 16.8. The minimum Gasteiger partial charge on any atom is -0.493 e. The van der Waals surface area contributed by atoms with E-state index in [9.17, 15) is 19.7 Å². The van der Waals surface area contributed by atoms with E-state index in [2.05, 4.69) is 0 Å². The molecule has 2 aromatic carbocycles. The first kappa shape index (κ1) is 22.2. The smallest absolute Gasteiger partial charge is 0.293 e. The van der Waals surface area contributed by atoms with Gasteiger partial charge in [-0.1, -0.05) is 18.2 Å². The largest absolute Gasteiger partial charge is 0.493 e. The van der Waals surface area contributed by atoms with Gasteiger partial charge in [0.25, 0.3) is 16.8 Å². The number of thioether (sulfide) groups is 1. The Bertz CT molecular complexity index is 1250. The van der Waals surface area contributed by atoms with Gasteiger partial charge < -0.3 is 14.0 Å². The number of carbonyl (C=O) groups excluding carboxylic acids is 2. The molecule has 0 radical (unpaired) electrons. The molecule has 168 valence electrons. The Morgan fingerprint density at radius 2 is 1.85 bits per heavy atom. The summed E-state index contributed by atoms with van der Waals surface area (Å²) >= 11 is 0.843. The highest BCUT2D eigenvalue weighted by molar-refractivity contribution is 8.18. The van der Waals surface area contributed by atoms with Crippen molar-refractivity contribution in [1.29, 1.82) is 0 Å². The number of nitrogens with zero attached hydrogens (tertiary/aromatic N) is 3. The van der Waals surface area contributed by atoms with Gasteiger partial charge in [0.1, 0.15) is 6.61 Å². The minimum atomic E-state index is -0.467. The molecule has 1 aromatic heterocycles. The Morgan fingerprint density at radius 3 is 2.61 bits per heavy atom. The Hall–Kier alpha value is -4.05. The summed E-state index contributed by atoms with van der Waals surface area (Å²) in [6.45, 7) is 0.210. The molecule has 0 aliphatic carbocycles. The van der Waals surface area contributed by atoms with Gasteiger partial charge in [-0.25, -0.2) is 0 Å². The molecule has 3 aromatic rings. The van der Waals surface area contributed by atoms with Crippen LogP contribution >= 0.6 is 11.8 Å². The summed E-state index contributed by atoms with van der Waals surface area (Å²) in [5.74, 6) is 0.672. The van der Waals surface area contributed by atoms with Crippen LogP contribution in [-0.4, -0.2) is 45.8 Å². The van der Waals surface area contributed by atoms with Gasteiger partial charge in [-0.15, -0.1) is 0 Å². The molecule has 4 rings (SSSR count). The van der Waals surface area contributed by atoms with E-state index < -0.39 is 10.8 Å². The number of aromatic nitrogens is 1. The van der Waals surface area contributed by atoms with Crippen molar-refractivity contribution in [2.45, 2.75) is 0 Å². The highest BCUT2D eigenvalue weighted by atomic mass is 32.2. The standard InChI is InChI=1S/C23H19N3O6S/c1-31-19-9-2-3-10-20(19)32-13-12-25-22(27)21(33-23(25)28)15-17-8-5-11-24(17)16-6-4-7-18(14-16)26(29)30/h2-11,14-15H,12-13H2,1H3/b21-15-. The number of non-ortho nitro benzene ring substituents is 1. The van der Waals surface area contributed by atoms with Crippen molar-refractivity contribution in [3.05, 3.63) is 87.6 Å². The molecule has 9 nitrogen and oxygen atoms in total. The number of carbonyl (C=O) groups is 2. The molecule has 1 aliphatic rings. The van der Waals surface area contributed by atoms with E-state index in [0.29, 0.717) is 22.9 Å². The minimum absolute atomic E-state index is 0.0393. The molecule has 33 heavy (non-hydrogen) atoms.